The highest BCUT2D eigenvalue weighted by Gasteiger charge is 2.33. The summed E-state index contributed by atoms with van der Waals surface area (Å²) in [6, 6.07) is 9.76. The SMILES string of the molecule is Cc1ccc(N2C(=O)/C(=C\c3ccc[nH]3)SC2=S)cc1C. The monoisotopic (exact) mass is 314 g/mol. The highest BCUT2D eigenvalue weighted by Crippen LogP contribution is 2.36. The first kappa shape index (κ1) is 14.1. The Kier molecular flexibility index (Phi) is 3.69. The summed E-state index contributed by atoms with van der Waals surface area (Å²) in [5.74, 6) is -0.0668. The first-order valence-electron chi connectivity index (χ1n) is 6.55. The molecule has 3 rings (SSSR count). The van der Waals surface area contributed by atoms with Crippen LogP contribution in [0.25, 0.3) is 6.08 Å². The van der Waals surface area contributed by atoms with Gasteiger partial charge in [-0.2, -0.15) is 0 Å². The number of aryl methyl sites for hydroxylation is 2. The van der Waals surface area contributed by atoms with E-state index >= 15 is 0 Å². The zero-order chi connectivity index (χ0) is 15.0. The molecule has 1 aliphatic heterocycles. The molecule has 1 saturated heterocycles. The van der Waals surface area contributed by atoms with Gasteiger partial charge in [0.1, 0.15) is 0 Å². The molecule has 0 atom stereocenters. The van der Waals surface area contributed by atoms with Crippen LogP contribution in [0.3, 0.4) is 0 Å². The third-order valence-electron chi connectivity index (χ3n) is 3.45. The summed E-state index contributed by atoms with van der Waals surface area (Å²) in [5.41, 5.74) is 4.08. The maximum atomic E-state index is 12.6. The number of thiocarbonyl (C=S) groups is 1. The van der Waals surface area contributed by atoms with E-state index in [0.717, 1.165) is 16.9 Å². The van der Waals surface area contributed by atoms with Crippen molar-refractivity contribution in [2.75, 3.05) is 4.90 Å². The third-order valence-corrected chi connectivity index (χ3v) is 4.75. The summed E-state index contributed by atoms with van der Waals surface area (Å²) in [6.45, 7) is 4.08. The van der Waals surface area contributed by atoms with Gasteiger partial charge in [0.2, 0.25) is 0 Å². The maximum Gasteiger partial charge on any atom is 0.270 e. The fourth-order valence-electron chi connectivity index (χ4n) is 2.13. The van der Waals surface area contributed by atoms with Crippen molar-refractivity contribution >= 4 is 46.0 Å². The minimum Gasteiger partial charge on any atom is -0.362 e. The Balaban J connectivity index is 1.95. The Morgan fingerprint density at radius 1 is 1.24 bits per heavy atom. The number of carbonyl (C=O) groups excluding carboxylic acids is 1. The van der Waals surface area contributed by atoms with Gasteiger partial charge >= 0.3 is 0 Å². The van der Waals surface area contributed by atoms with Crippen molar-refractivity contribution in [2.45, 2.75) is 13.8 Å². The zero-order valence-corrected chi connectivity index (χ0v) is 13.3. The Hall–Kier alpha value is -1.85. The fraction of sp³-hybridized carbons (Fsp3) is 0.125. The number of rotatable bonds is 2. The second kappa shape index (κ2) is 5.50. The van der Waals surface area contributed by atoms with Crippen LogP contribution in [0.1, 0.15) is 16.8 Å². The van der Waals surface area contributed by atoms with Crippen molar-refractivity contribution < 1.29 is 4.79 Å². The molecule has 1 aromatic carbocycles. The topological polar surface area (TPSA) is 36.1 Å². The molecule has 1 fully saturated rings. The van der Waals surface area contributed by atoms with E-state index in [2.05, 4.69) is 11.9 Å². The lowest BCUT2D eigenvalue weighted by molar-refractivity contribution is -0.113. The van der Waals surface area contributed by atoms with Crippen molar-refractivity contribution in [3.05, 3.63) is 58.3 Å². The molecule has 3 nitrogen and oxygen atoms in total. The Bertz CT molecular complexity index is 748. The Labute approximate surface area is 133 Å². The Morgan fingerprint density at radius 3 is 2.71 bits per heavy atom. The number of aromatic amines is 1. The molecule has 0 unspecified atom stereocenters. The minimum atomic E-state index is -0.0668. The summed E-state index contributed by atoms with van der Waals surface area (Å²) in [4.78, 5) is 17.9. The standard InChI is InChI=1S/C16H14N2OS2/c1-10-5-6-13(8-11(10)2)18-15(19)14(21-16(18)20)9-12-4-3-7-17-12/h3-9,17H,1-2H3/b14-9+. The summed E-state index contributed by atoms with van der Waals surface area (Å²) in [7, 11) is 0. The quantitative estimate of drug-likeness (QED) is 0.671. The molecule has 0 bridgehead atoms. The summed E-state index contributed by atoms with van der Waals surface area (Å²) >= 11 is 6.70. The molecule has 2 heterocycles. The van der Waals surface area contributed by atoms with Gasteiger partial charge in [0, 0.05) is 11.9 Å². The van der Waals surface area contributed by atoms with Crippen LogP contribution >= 0.6 is 24.0 Å². The van der Waals surface area contributed by atoms with Crippen LogP contribution in [-0.2, 0) is 4.79 Å². The molecule has 21 heavy (non-hydrogen) atoms. The second-order valence-corrected chi connectivity index (χ2v) is 6.59. The van der Waals surface area contributed by atoms with Crippen molar-refractivity contribution in [1.29, 1.82) is 0 Å². The number of nitrogens with one attached hydrogen (secondary N) is 1. The molecular formula is C16H14N2OS2. The maximum absolute atomic E-state index is 12.6. The number of thioether (sulfide) groups is 1. The zero-order valence-electron chi connectivity index (χ0n) is 11.7. The molecule has 5 heteroatoms. The van der Waals surface area contributed by atoms with E-state index in [1.54, 1.807) is 4.90 Å². The lowest BCUT2D eigenvalue weighted by Crippen LogP contribution is -2.27. The number of carbonyl (C=O) groups is 1. The first-order valence-corrected chi connectivity index (χ1v) is 7.77. The highest BCUT2D eigenvalue weighted by molar-refractivity contribution is 8.27. The molecule has 0 saturated carbocycles. The summed E-state index contributed by atoms with van der Waals surface area (Å²) in [6.07, 6.45) is 3.66. The number of H-pyrrole nitrogens is 1. The normalized spacial score (nSPS) is 17.0. The van der Waals surface area contributed by atoms with Crippen LogP contribution in [-0.4, -0.2) is 15.2 Å². The number of nitrogens with zero attached hydrogens (tertiary/aromatic N) is 1. The minimum absolute atomic E-state index is 0.0668. The van der Waals surface area contributed by atoms with Crippen molar-refractivity contribution in [3.63, 3.8) is 0 Å². The highest BCUT2D eigenvalue weighted by atomic mass is 32.2. The van der Waals surface area contributed by atoms with E-state index in [1.807, 2.05) is 49.5 Å². The van der Waals surface area contributed by atoms with Crippen LogP contribution in [0.15, 0.2) is 41.4 Å². The fourth-order valence-corrected chi connectivity index (χ4v) is 3.42. The molecule has 106 valence electrons. The number of amides is 1. The van der Waals surface area contributed by atoms with Gasteiger partial charge in [0.05, 0.1) is 10.6 Å². The van der Waals surface area contributed by atoms with Gasteiger partial charge in [-0.05, 0) is 55.3 Å². The predicted octanol–water partition coefficient (Wildman–Crippen LogP) is 4.04. The van der Waals surface area contributed by atoms with E-state index in [0.29, 0.717) is 9.23 Å². The third kappa shape index (κ3) is 2.66. The van der Waals surface area contributed by atoms with Crippen molar-refractivity contribution in [1.82, 2.24) is 4.98 Å². The smallest absolute Gasteiger partial charge is 0.270 e. The molecule has 0 aliphatic carbocycles. The molecule has 1 amide bonds. The molecular weight excluding hydrogens is 300 g/mol. The summed E-state index contributed by atoms with van der Waals surface area (Å²) in [5, 5.41) is 0. The van der Waals surface area contributed by atoms with E-state index in [9.17, 15) is 4.79 Å². The average Bonchev–Trinajstić information content (AvgIpc) is 3.03. The number of hydrogen-bond acceptors (Lipinski definition) is 3. The first-order chi connectivity index (χ1) is 10.1. The number of anilines is 1. The van der Waals surface area contributed by atoms with Gasteiger partial charge in [0.15, 0.2) is 4.32 Å². The number of benzene rings is 1. The van der Waals surface area contributed by atoms with Crippen LogP contribution < -0.4 is 4.90 Å². The van der Waals surface area contributed by atoms with E-state index in [1.165, 1.54) is 17.3 Å². The lowest BCUT2D eigenvalue weighted by atomic mass is 10.1. The van der Waals surface area contributed by atoms with E-state index in [4.69, 9.17) is 12.2 Å². The van der Waals surface area contributed by atoms with Crippen LogP contribution in [0.5, 0.6) is 0 Å². The number of aromatic nitrogens is 1. The van der Waals surface area contributed by atoms with Gasteiger partial charge in [-0.3, -0.25) is 9.69 Å². The summed E-state index contributed by atoms with van der Waals surface area (Å²) < 4.78 is 0.570. The molecule has 0 radical (unpaired) electrons. The molecule has 1 N–H and O–H groups in total. The lowest BCUT2D eigenvalue weighted by Gasteiger charge is -2.15. The van der Waals surface area contributed by atoms with Crippen LogP contribution in [0, 0.1) is 13.8 Å². The van der Waals surface area contributed by atoms with Gasteiger partial charge in [-0.15, -0.1) is 0 Å². The molecule has 2 aromatic rings. The van der Waals surface area contributed by atoms with Crippen LogP contribution in [0.4, 0.5) is 5.69 Å². The number of hydrogen-bond donors (Lipinski definition) is 1. The van der Waals surface area contributed by atoms with Gasteiger partial charge in [-0.25, -0.2) is 0 Å². The molecule has 1 aliphatic rings. The molecule has 1 aromatic heterocycles. The predicted molar refractivity (Wildman–Crippen MR) is 92.4 cm³/mol. The Morgan fingerprint density at radius 2 is 2.05 bits per heavy atom. The van der Waals surface area contributed by atoms with Gasteiger partial charge in [-0.1, -0.05) is 30.0 Å². The van der Waals surface area contributed by atoms with Gasteiger partial charge in [0.25, 0.3) is 5.91 Å². The van der Waals surface area contributed by atoms with E-state index in [-0.39, 0.29) is 5.91 Å². The second-order valence-electron chi connectivity index (χ2n) is 4.91. The largest absolute Gasteiger partial charge is 0.362 e. The average molecular weight is 314 g/mol. The van der Waals surface area contributed by atoms with E-state index < -0.39 is 0 Å². The van der Waals surface area contributed by atoms with Gasteiger partial charge < -0.3 is 4.98 Å². The van der Waals surface area contributed by atoms with Crippen molar-refractivity contribution in [3.8, 4) is 0 Å². The van der Waals surface area contributed by atoms with Crippen LogP contribution in [0.2, 0.25) is 0 Å². The van der Waals surface area contributed by atoms with Crippen molar-refractivity contribution in [2.24, 2.45) is 0 Å². The molecule has 0 spiro atoms.